The van der Waals surface area contributed by atoms with E-state index in [1.807, 2.05) is 42.7 Å². The lowest BCUT2D eigenvalue weighted by Gasteiger charge is -2.14. The van der Waals surface area contributed by atoms with Gasteiger partial charge in [-0.2, -0.15) is 11.8 Å². The van der Waals surface area contributed by atoms with E-state index in [-0.39, 0.29) is 17.9 Å². The predicted octanol–water partition coefficient (Wildman–Crippen LogP) is 8.38. The molecular weight excluding hydrogens is 555 g/mol. The molecule has 0 fully saturated rings. The monoisotopic (exact) mass is 596 g/mol. The van der Waals surface area contributed by atoms with Crippen LogP contribution in [0.4, 0.5) is 4.39 Å². The summed E-state index contributed by atoms with van der Waals surface area (Å²) in [5.41, 5.74) is 2.00. The first-order valence-electron chi connectivity index (χ1n) is 14.5. The van der Waals surface area contributed by atoms with Crippen molar-refractivity contribution in [3.8, 4) is 22.6 Å². The summed E-state index contributed by atoms with van der Waals surface area (Å²) in [6.07, 6.45) is 8.79. The van der Waals surface area contributed by atoms with Crippen molar-refractivity contribution in [3.63, 3.8) is 0 Å². The summed E-state index contributed by atoms with van der Waals surface area (Å²) in [5.74, 6) is -0.615. The fourth-order valence-electron chi connectivity index (χ4n) is 4.18. The van der Waals surface area contributed by atoms with E-state index in [0.29, 0.717) is 18.8 Å². The average molecular weight is 597 g/mol. The minimum Gasteiger partial charge on any atom is -0.494 e. The van der Waals surface area contributed by atoms with Gasteiger partial charge in [-0.15, -0.1) is 0 Å². The highest BCUT2D eigenvalue weighted by Gasteiger charge is 2.18. The quantitative estimate of drug-likeness (QED) is 0.0830. The van der Waals surface area contributed by atoms with Gasteiger partial charge in [0, 0.05) is 11.8 Å². The summed E-state index contributed by atoms with van der Waals surface area (Å²) in [6, 6.07) is 18.4. The minimum atomic E-state index is -0.837. The van der Waals surface area contributed by atoms with Gasteiger partial charge in [-0.3, -0.25) is 0 Å². The van der Waals surface area contributed by atoms with Gasteiger partial charge in [0.05, 0.1) is 30.9 Å². The van der Waals surface area contributed by atoms with Crippen molar-refractivity contribution in [2.75, 3.05) is 31.8 Å². The fraction of sp³-hybridized carbons (Fsp3) is 0.412. The zero-order valence-electron chi connectivity index (χ0n) is 24.7. The predicted molar refractivity (Wildman–Crippen MR) is 166 cm³/mol. The van der Waals surface area contributed by atoms with Gasteiger partial charge in [0.25, 0.3) is 0 Å². The van der Waals surface area contributed by atoms with Gasteiger partial charge in [-0.05, 0) is 67.1 Å². The second kappa shape index (κ2) is 18.2. The molecule has 0 aliphatic carbocycles. The fourth-order valence-corrected chi connectivity index (χ4v) is 4.46. The molecule has 0 amide bonds. The molecule has 0 saturated heterocycles. The molecule has 3 aromatic rings. The highest BCUT2D eigenvalue weighted by Crippen LogP contribution is 2.24. The van der Waals surface area contributed by atoms with Crippen molar-refractivity contribution in [1.82, 2.24) is 0 Å². The number of hydrogen-bond acceptors (Lipinski definition) is 7. The molecule has 0 bridgehead atoms. The first-order valence-corrected chi connectivity index (χ1v) is 15.9. The molecule has 6 nitrogen and oxygen atoms in total. The molecule has 0 aliphatic rings. The second-order valence-electron chi connectivity index (χ2n) is 10.0. The summed E-state index contributed by atoms with van der Waals surface area (Å²) >= 11 is 1.65. The number of benzene rings is 3. The SMILES string of the molecule is CCCCCCCCOc1ccc(-c2ccc(C(=O)Oc3ccc(C(=O)O[C@H](C)COCCSC)c(F)c3)cc2)cc1. The molecule has 0 N–H and O–H groups in total. The smallest absolute Gasteiger partial charge is 0.343 e. The number of carbonyl (C=O) groups excluding carboxylic acids is 2. The largest absolute Gasteiger partial charge is 0.494 e. The molecule has 0 aromatic heterocycles. The molecule has 3 aromatic carbocycles. The van der Waals surface area contributed by atoms with Crippen LogP contribution < -0.4 is 9.47 Å². The standard InChI is InChI=1S/C34H41FO6S/c1-4-5-6-7-8-9-20-39-29-16-14-27(15-17-29)26-10-12-28(13-11-26)33(36)41-30-18-19-31(32(35)23-30)34(37)40-25(2)24-38-21-22-42-3/h10-19,23,25H,4-9,20-22,24H2,1-3H3/t25-/m1/s1. The summed E-state index contributed by atoms with van der Waals surface area (Å²) in [4.78, 5) is 25.0. The maximum Gasteiger partial charge on any atom is 0.343 e. The normalized spacial score (nSPS) is 11.6. The molecule has 0 spiro atoms. The molecule has 0 unspecified atom stereocenters. The van der Waals surface area contributed by atoms with Crippen molar-refractivity contribution in [2.45, 2.75) is 58.5 Å². The Morgan fingerprint density at radius 2 is 1.45 bits per heavy atom. The zero-order chi connectivity index (χ0) is 30.2. The molecule has 0 radical (unpaired) electrons. The van der Waals surface area contributed by atoms with Gasteiger partial charge in [0.15, 0.2) is 0 Å². The van der Waals surface area contributed by atoms with E-state index < -0.39 is 23.9 Å². The number of esters is 2. The molecule has 1 atom stereocenters. The maximum atomic E-state index is 14.6. The van der Waals surface area contributed by atoms with Crippen molar-refractivity contribution in [2.24, 2.45) is 0 Å². The van der Waals surface area contributed by atoms with Gasteiger partial charge < -0.3 is 18.9 Å². The summed E-state index contributed by atoms with van der Waals surface area (Å²) in [7, 11) is 0. The minimum absolute atomic E-state index is 0.0110. The average Bonchev–Trinajstić information content (AvgIpc) is 2.99. The Bertz CT molecular complexity index is 1250. The van der Waals surface area contributed by atoms with E-state index in [2.05, 4.69) is 6.92 Å². The van der Waals surface area contributed by atoms with E-state index in [1.54, 1.807) is 30.8 Å². The van der Waals surface area contributed by atoms with E-state index in [4.69, 9.17) is 18.9 Å². The van der Waals surface area contributed by atoms with Crippen LogP contribution in [0.3, 0.4) is 0 Å². The Morgan fingerprint density at radius 1 is 0.810 bits per heavy atom. The van der Waals surface area contributed by atoms with Gasteiger partial charge in [-0.1, -0.05) is 63.3 Å². The lowest BCUT2D eigenvalue weighted by atomic mass is 10.0. The first-order chi connectivity index (χ1) is 20.4. The van der Waals surface area contributed by atoms with Gasteiger partial charge in [0.2, 0.25) is 0 Å². The van der Waals surface area contributed by atoms with Gasteiger partial charge in [-0.25, -0.2) is 14.0 Å². The third-order valence-corrected chi connectivity index (χ3v) is 7.11. The molecular formula is C34H41FO6S. The van der Waals surface area contributed by atoms with Crippen molar-refractivity contribution >= 4 is 23.7 Å². The second-order valence-corrected chi connectivity index (χ2v) is 11.0. The summed E-state index contributed by atoms with van der Waals surface area (Å²) in [6.45, 7) is 5.38. The van der Waals surface area contributed by atoms with Crippen LogP contribution in [-0.2, 0) is 9.47 Å². The lowest BCUT2D eigenvalue weighted by molar-refractivity contribution is 0.00446. The Labute approximate surface area is 252 Å². The number of carbonyl (C=O) groups is 2. The van der Waals surface area contributed by atoms with Gasteiger partial charge >= 0.3 is 11.9 Å². The van der Waals surface area contributed by atoms with Crippen molar-refractivity contribution < 1.29 is 32.9 Å². The molecule has 42 heavy (non-hydrogen) atoms. The molecule has 226 valence electrons. The molecule has 0 aliphatic heterocycles. The number of ether oxygens (including phenoxy) is 4. The Morgan fingerprint density at radius 3 is 2.12 bits per heavy atom. The highest BCUT2D eigenvalue weighted by atomic mass is 32.2. The summed E-state index contributed by atoms with van der Waals surface area (Å²) in [5, 5.41) is 0. The van der Waals surface area contributed by atoms with E-state index in [1.165, 1.54) is 44.2 Å². The van der Waals surface area contributed by atoms with Gasteiger partial charge in [0.1, 0.15) is 23.4 Å². The lowest BCUT2D eigenvalue weighted by Crippen LogP contribution is -2.21. The summed E-state index contributed by atoms with van der Waals surface area (Å²) < 4.78 is 36.5. The number of halogens is 1. The van der Waals surface area contributed by atoms with Crippen molar-refractivity contribution in [1.29, 1.82) is 0 Å². The number of rotatable bonds is 18. The molecule has 3 rings (SSSR count). The zero-order valence-corrected chi connectivity index (χ0v) is 25.6. The van der Waals surface area contributed by atoms with Crippen LogP contribution in [0.5, 0.6) is 11.5 Å². The van der Waals surface area contributed by atoms with E-state index in [0.717, 1.165) is 35.1 Å². The van der Waals surface area contributed by atoms with Crippen LogP contribution in [-0.4, -0.2) is 49.9 Å². The van der Waals surface area contributed by atoms with Crippen molar-refractivity contribution in [3.05, 3.63) is 83.7 Å². The Balaban J connectivity index is 1.48. The molecule has 0 heterocycles. The first kappa shape index (κ1) is 33.1. The topological polar surface area (TPSA) is 71.1 Å². The molecule has 8 heteroatoms. The van der Waals surface area contributed by atoms with E-state index in [9.17, 15) is 14.0 Å². The molecule has 0 saturated carbocycles. The Hall–Kier alpha value is -3.36. The third-order valence-electron chi connectivity index (χ3n) is 6.54. The van der Waals surface area contributed by atoms with Crippen LogP contribution in [0.25, 0.3) is 11.1 Å². The number of unbranched alkanes of at least 4 members (excludes halogenated alkanes) is 5. The third kappa shape index (κ3) is 11.1. The van der Waals surface area contributed by atoms with Crippen LogP contribution in [0, 0.1) is 5.82 Å². The van der Waals surface area contributed by atoms with Crippen LogP contribution in [0.15, 0.2) is 66.7 Å². The highest BCUT2D eigenvalue weighted by molar-refractivity contribution is 7.98. The Kier molecular flexibility index (Phi) is 14.4. The maximum absolute atomic E-state index is 14.6. The number of thioether (sulfide) groups is 1. The number of hydrogen-bond donors (Lipinski definition) is 0. The van der Waals surface area contributed by atoms with Crippen LogP contribution >= 0.6 is 11.8 Å². The van der Waals surface area contributed by atoms with E-state index >= 15 is 0 Å². The van der Waals surface area contributed by atoms with Crippen LogP contribution in [0.2, 0.25) is 0 Å². The van der Waals surface area contributed by atoms with Crippen LogP contribution in [0.1, 0.15) is 73.1 Å².